The van der Waals surface area contributed by atoms with Crippen molar-refractivity contribution in [2.24, 2.45) is 0 Å². The molecule has 9 aromatic carbocycles. The van der Waals surface area contributed by atoms with E-state index in [0.29, 0.717) is 11.1 Å². The van der Waals surface area contributed by atoms with E-state index in [-0.39, 0.29) is 10.8 Å². The van der Waals surface area contributed by atoms with Crippen molar-refractivity contribution in [1.82, 2.24) is 0 Å². The zero-order valence-electron chi connectivity index (χ0n) is 38.0. The Morgan fingerprint density at radius 3 is 1.05 bits per heavy atom. The minimum absolute atomic E-state index is 0.342. The third-order valence-electron chi connectivity index (χ3n) is 14.9. The lowest BCUT2D eigenvalue weighted by Crippen LogP contribution is -2.44. The highest BCUT2D eigenvalue weighted by atomic mass is 15.2. The quantitative estimate of drug-likeness (QED) is 0.167. The molecule has 5 heteroatoms. The molecule has 0 aliphatic carbocycles. The molecule has 0 atom stereocenters. The molecule has 3 aliphatic heterocycles. The van der Waals surface area contributed by atoms with E-state index in [0.717, 1.165) is 34.1 Å². The van der Waals surface area contributed by atoms with Gasteiger partial charge in [-0.05, 0) is 152 Å². The molecule has 0 saturated carbocycles. The van der Waals surface area contributed by atoms with Gasteiger partial charge in [-0.25, -0.2) is 0 Å². The summed E-state index contributed by atoms with van der Waals surface area (Å²) in [5, 5.41) is 24.4. The molecule has 0 amide bonds. The van der Waals surface area contributed by atoms with E-state index < -0.39 is 5.41 Å². The van der Waals surface area contributed by atoms with Gasteiger partial charge in [-0.2, -0.15) is 10.5 Å². The fraction of sp³-hybridized carbons (Fsp3) is 0.148. The van der Waals surface area contributed by atoms with E-state index in [1.54, 1.807) is 0 Å². The summed E-state index contributed by atoms with van der Waals surface area (Å²) in [6, 6.07) is 67.8. The molecule has 0 radical (unpaired) electrons. The number of hydrogen-bond acceptors (Lipinski definition) is 5. The Morgan fingerprint density at radius 1 is 0.333 bits per heavy atom. The Hall–Kier alpha value is -8.12. The summed E-state index contributed by atoms with van der Waals surface area (Å²) < 4.78 is 0. The highest BCUT2D eigenvalue weighted by molar-refractivity contribution is 6.01. The molecule has 12 rings (SSSR count). The van der Waals surface area contributed by atoms with Gasteiger partial charge in [0.15, 0.2) is 0 Å². The third-order valence-corrected chi connectivity index (χ3v) is 14.9. The molecule has 9 aromatic rings. The number of nitrogens with zero attached hydrogens (tertiary/aromatic N) is 5. The van der Waals surface area contributed by atoms with Crippen molar-refractivity contribution in [3.63, 3.8) is 0 Å². The highest BCUT2D eigenvalue weighted by Gasteiger charge is 2.52. The number of hydrogen-bond donors (Lipinski definition) is 0. The van der Waals surface area contributed by atoms with Gasteiger partial charge in [-0.1, -0.05) is 120 Å². The molecule has 5 nitrogen and oxygen atoms in total. The maximum absolute atomic E-state index is 9.85. The minimum Gasteiger partial charge on any atom is -0.310 e. The van der Waals surface area contributed by atoms with Crippen molar-refractivity contribution in [3.8, 4) is 12.1 Å². The number of fused-ring (bicyclic) bond motifs is 2. The normalized spacial score (nSPS) is 15.1. The Bertz CT molecular complexity index is 3370. The zero-order valence-corrected chi connectivity index (χ0v) is 38.0. The van der Waals surface area contributed by atoms with Crippen LogP contribution in [-0.2, 0) is 16.2 Å². The number of para-hydroxylation sites is 1. The van der Waals surface area contributed by atoms with Gasteiger partial charge >= 0.3 is 0 Å². The minimum atomic E-state index is -0.466. The van der Waals surface area contributed by atoms with Crippen LogP contribution in [0.1, 0.15) is 86.1 Å². The second-order valence-corrected chi connectivity index (χ2v) is 19.7. The van der Waals surface area contributed by atoms with Crippen LogP contribution in [0.25, 0.3) is 21.5 Å². The number of nitriles is 2. The first-order valence-corrected chi connectivity index (χ1v) is 22.8. The van der Waals surface area contributed by atoms with Crippen LogP contribution in [0.5, 0.6) is 0 Å². The maximum Gasteiger partial charge on any atom is 0.0991 e. The fourth-order valence-corrected chi connectivity index (χ4v) is 11.3. The molecule has 0 aromatic heterocycles. The zero-order chi connectivity index (χ0) is 45.3. The largest absolute Gasteiger partial charge is 0.310 e. The molecular weight excluding hydrogens is 803 g/mol. The van der Waals surface area contributed by atoms with Gasteiger partial charge in [0.05, 0.1) is 40.3 Å². The number of benzene rings is 9. The van der Waals surface area contributed by atoms with E-state index in [4.69, 9.17) is 0 Å². The SMILES string of the molecule is CC1(C)c2cccc3c2N2c4c1cc(N(c1ccc(C#N)cc1)c1ccc5ccccc5c1)cc4C(C)(C)c1cc(N(c4ccc(C#N)cc4)c4ccc5ccccc5c4)cc(c12)C3(C)C. The summed E-state index contributed by atoms with van der Waals surface area (Å²) in [7, 11) is 0. The second kappa shape index (κ2) is 13.9. The van der Waals surface area contributed by atoms with E-state index in [1.165, 1.54) is 72.0 Å². The Kier molecular flexibility index (Phi) is 8.34. The number of rotatable bonds is 6. The summed E-state index contributed by atoms with van der Waals surface area (Å²) in [5.41, 5.74) is 17.8. The smallest absolute Gasteiger partial charge is 0.0991 e. The summed E-state index contributed by atoms with van der Waals surface area (Å²) in [4.78, 5) is 7.36. The molecule has 66 heavy (non-hydrogen) atoms. The lowest BCUT2D eigenvalue weighted by Gasteiger charge is -2.55. The van der Waals surface area contributed by atoms with E-state index >= 15 is 0 Å². The third kappa shape index (κ3) is 5.57. The van der Waals surface area contributed by atoms with Crippen molar-refractivity contribution in [2.45, 2.75) is 57.8 Å². The van der Waals surface area contributed by atoms with Gasteiger partial charge in [-0.15, -0.1) is 0 Å². The molecule has 3 aliphatic rings. The van der Waals surface area contributed by atoms with Crippen molar-refractivity contribution in [2.75, 3.05) is 14.7 Å². The van der Waals surface area contributed by atoms with Crippen molar-refractivity contribution < 1.29 is 0 Å². The predicted molar refractivity (Wildman–Crippen MR) is 271 cm³/mol. The lowest BCUT2D eigenvalue weighted by molar-refractivity contribution is 0.567. The fourth-order valence-electron chi connectivity index (χ4n) is 11.3. The van der Waals surface area contributed by atoms with Crippen LogP contribution >= 0.6 is 0 Å². The summed E-state index contributed by atoms with van der Waals surface area (Å²) in [6.45, 7) is 14.4. The topological polar surface area (TPSA) is 57.3 Å². The lowest BCUT2D eigenvalue weighted by atomic mass is 9.60. The van der Waals surface area contributed by atoms with Crippen LogP contribution in [0, 0.1) is 22.7 Å². The molecule has 0 saturated heterocycles. The van der Waals surface area contributed by atoms with Crippen LogP contribution in [0.15, 0.2) is 176 Å². The van der Waals surface area contributed by atoms with Crippen LogP contribution in [-0.4, -0.2) is 0 Å². The monoisotopic (exact) mass is 849 g/mol. The van der Waals surface area contributed by atoms with E-state index in [1.807, 2.05) is 24.3 Å². The summed E-state index contributed by atoms with van der Waals surface area (Å²) in [6.07, 6.45) is 0. The molecule has 0 spiro atoms. The van der Waals surface area contributed by atoms with E-state index in [9.17, 15) is 10.5 Å². The molecular formula is C61H47N5. The van der Waals surface area contributed by atoms with Crippen LogP contribution in [0.4, 0.5) is 51.2 Å². The standard InChI is InChI=1S/C61H47N5/c1-59(2)50-16-11-17-51-56(50)66-57-52(59)32-48(64(44-24-18-38(36-62)19-25-44)46-28-22-40-12-7-9-14-42(40)30-46)34-54(57)61(5,6)55-35-49(33-53(58(55)66)60(51,3)4)65(45-26-20-39(37-63)21-27-45)47-29-23-41-13-8-10-15-43(41)31-47/h7-35H,1-6H3. The van der Waals surface area contributed by atoms with Crippen molar-refractivity contribution in [3.05, 3.63) is 220 Å². The Balaban J connectivity index is 1.15. The highest BCUT2D eigenvalue weighted by Crippen LogP contribution is 2.67. The van der Waals surface area contributed by atoms with Crippen LogP contribution < -0.4 is 14.7 Å². The first kappa shape index (κ1) is 39.5. The maximum atomic E-state index is 9.85. The van der Waals surface area contributed by atoms with Gasteiger partial charge in [0, 0.05) is 50.4 Å². The predicted octanol–water partition coefficient (Wildman–Crippen LogP) is 16.1. The molecule has 3 heterocycles. The second-order valence-electron chi connectivity index (χ2n) is 19.7. The van der Waals surface area contributed by atoms with Gasteiger partial charge in [-0.3, -0.25) is 0 Å². The summed E-state index contributed by atoms with van der Waals surface area (Å²) in [5.74, 6) is 0. The average molecular weight is 850 g/mol. The molecule has 0 fully saturated rings. The van der Waals surface area contributed by atoms with Gasteiger partial charge in [0.1, 0.15) is 0 Å². The van der Waals surface area contributed by atoms with Gasteiger partial charge in [0.25, 0.3) is 0 Å². The molecule has 0 unspecified atom stereocenters. The van der Waals surface area contributed by atoms with Crippen LogP contribution in [0.2, 0.25) is 0 Å². The van der Waals surface area contributed by atoms with E-state index in [2.05, 4.69) is 220 Å². The molecule has 316 valence electrons. The molecule has 0 bridgehead atoms. The van der Waals surface area contributed by atoms with Crippen molar-refractivity contribution in [1.29, 1.82) is 10.5 Å². The molecule has 0 N–H and O–H groups in total. The Labute approximate surface area is 386 Å². The average Bonchev–Trinajstić information content (AvgIpc) is 3.34. The first-order valence-electron chi connectivity index (χ1n) is 22.8. The number of anilines is 9. The first-order chi connectivity index (χ1) is 31.9. The van der Waals surface area contributed by atoms with Crippen molar-refractivity contribution >= 4 is 72.7 Å². The summed E-state index contributed by atoms with van der Waals surface area (Å²) >= 11 is 0. The van der Waals surface area contributed by atoms with Gasteiger partial charge in [0.2, 0.25) is 0 Å². The van der Waals surface area contributed by atoms with Crippen LogP contribution in [0.3, 0.4) is 0 Å². The Morgan fingerprint density at radius 2 is 0.667 bits per heavy atom. The van der Waals surface area contributed by atoms with Gasteiger partial charge < -0.3 is 14.7 Å².